The lowest BCUT2D eigenvalue weighted by Crippen LogP contribution is -2.29. The third-order valence-electron chi connectivity index (χ3n) is 3.96. The van der Waals surface area contributed by atoms with Gasteiger partial charge in [0.15, 0.2) is 0 Å². The Morgan fingerprint density at radius 1 is 0.955 bits per heavy atom. The molecule has 2 aromatic rings. The van der Waals surface area contributed by atoms with E-state index in [1.165, 1.54) is 0 Å². The van der Waals surface area contributed by atoms with Crippen molar-refractivity contribution in [3.05, 3.63) is 60.7 Å². The summed E-state index contributed by atoms with van der Waals surface area (Å²) >= 11 is 0. The Morgan fingerprint density at radius 2 is 1.55 bits per heavy atom. The maximum atomic E-state index is 12.4. The molecule has 0 bridgehead atoms. The van der Waals surface area contributed by atoms with Gasteiger partial charge in [-0.05, 0) is 30.7 Å². The Bertz CT molecular complexity index is 670. The van der Waals surface area contributed by atoms with E-state index in [2.05, 4.69) is 5.32 Å². The van der Waals surface area contributed by atoms with Crippen LogP contribution in [0.1, 0.15) is 6.42 Å². The average molecular weight is 294 g/mol. The monoisotopic (exact) mass is 294 g/mol. The van der Waals surface area contributed by atoms with Crippen molar-refractivity contribution >= 4 is 23.2 Å². The summed E-state index contributed by atoms with van der Waals surface area (Å²) in [4.78, 5) is 26.2. The number of anilines is 2. The first-order valence-corrected chi connectivity index (χ1v) is 7.35. The minimum absolute atomic E-state index is 0.000545. The summed E-state index contributed by atoms with van der Waals surface area (Å²) < 4.78 is 0. The van der Waals surface area contributed by atoms with Crippen molar-refractivity contribution in [1.29, 1.82) is 0 Å². The van der Waals surface area contributed by atoms with Crippen LogP contribution in [0.5, 0.6) is 0 Å². The van der Waals surface area contributed by atoms with E-state index >= 15 is 0 Å². The van der Waals surface area contributed by atoms with Crippen LogP contribution in [0.25, 0.3) is 0 Å². The number of para-hydroxylation sites is 2. The standard InChI is InChI=1S/C18H18N2O2/c1-20(14-10-6-3-7-11-14)18(22)16-12-15(16)17(21)19-13-8-4-2-5-9-13/h2-11,15-16H,12H2,1H3,(H,19,21). The minimum Gasteiger partial charge on any atom is -0.326 e. The highest BCUT2D eigenvalue weighted by Gasteiger charge is 2.49. The van der Waals surface area contributed by atoms with Crippen LogP contribution in [-0.4, -0.2) is 18.9 Å². The van der Waals surface area contributed by atoms with Gasteiger partial charge in [0.05, 0.1) is 11.8 Å². The zero-order chi connectivity index (χ0) is 15.5. The van der Waals surface area contributed by atoms with Crippen LogP contribution in [-0.2, 0) is 9.59 Å². The first-order valence-electron chi connectivity index (χ1n) is 7.35. The second kappa shape index (κ2) is 6.02. The fourth-order valence-corrected chi connectivity index (χ4v) is 2.54. The van der Waals surface area contributed by atoms with Gasteiger partial charge < -0.3 is 10.2 Å². The molecule has 2 unspecified atom stereocenters. The molecule has 1 aliphatic carbocycles. The molecule has 1 aliphatic rings. The molecule has 0 spiro atoms. The fraction of sp³-hybridized carbons (Fsp3) is 0.222. The summed E-state index contributed by atoms with van der Waals surface area (Å²) in [6.07, 6.45) is 0.620. The van der Waals surface area contributed by atoms with Crippen LogP contribution >= 0.6 is 0 Å². The maximum Gasteiger partial charge on any atom is 0.230 e. The number of hydrogen-bond acceptors (Lipinski definition) is 2. The van der Waals surface area contributed by atoms with Crippen molar-refractivity contribution in [3.63, 3.8) is 0 Å². The van der Waals surface area contributed by atoms with E-state index in [4.69, 9.17) is 0 Å². The molecule has 0 heterocycles. The van der Waals surface area contributed by atoms with Gasteiger partial charge in [-0.25, -0.2) is 0 Å². The van der Waals surface area contributed by atoms with Gasteiger partial charge in [-0.3, -0.25) is 9.59 Å². The normalized spacial score (nSPS) is 19.3. The molecule has 0 aliphatic heterocycles. The Labute approximate surface area is 129 Å². The highest BCUT2D eigenvalue weighted by molar-refractivity contribution is 6.04. The van der Waals surface area contributed by atoms with Gasteiger partial charge in [0, 0.05) is 18.4 Å². The lowest BCUT2D eigenvalue weighted by atomic mass is 10.2. The number of nitrogens with zero attached hydrogens (tertiary/aromatic N) is 1. The Kier molecular flexibility index (Phi) is 3.92. The molecule has 1 N–H and O–H groups in total. The third kappa shape index (κ3) is 3.01. The number of amides is 2. The maximum absolute atomic E-state index is 12.4. The van der Waals surface area contributed by atoms with Crippen LogP contribution < -0.4 is 10.2 Å². The molecule has 22 heavy (non-hydrogen) atoms. The first kappa shape index (κ1) is 14.3. The number of benzene rings is 2. The smallest absolute Gasteiger partial charge is 0.230 e. The molecule has 2 aromatic carbocycles. The summed E-state index contributed by atoms with van der Waals surface area (Å²) in [5.74, 6) is -0.516. The van der Waals surface area contributed by atoms with Gasteiger partial charge in [-0.15, -0.1) is 0 Å². The predicted octanol–water partition coefficient (Wildman–Crippen LogP) is 2.92. The number of hydrogen-bond donors (Lipinski definition) is 1. The quantitative estimate of drug-likeness (QED) is 0.942. The van der Waals surface area contributed by atoms with Crippen LogP contribution in [0.15, 0.2) is 60.7 Å². The topological polar surface area (TPSA) is 49.4 Å². The number of carbonyl (C=O) groups is 2. The van der Waals surface area contributed by atoms with E-state index in [9.17, 15) is 9.59 Å². The van der Waals surface area contributed by atoms with Crippen molar-refractivity contribution in [3.8, 4) is 0 Å². The summed E-state index contributed by atoms with van der Waals surface area (Å²) in [6.45, 7) is 0. The summed E-state index contributed by atoms with van der Waals surface area (Å²) in [7, 11) is 1.75. The zero-order valence-electron chi connectivity index (χ0n) is 12.4. The van der Waals surface area contributed by atoms with Crippen molar-refractivity contribution < 1.29 is 9.59 Å². The zero-order valence-corrected chi connectivity index (χ0v) is 12.4. The van der Waals surface area contributed by atoms with Gasteiger partial charge >= 0.3 is 0 Å². The molecular weight excluding hydrogens is 276 g/mol. The molecule has 4 heteroatoms. The van der Waals surface area contributed by atoms with Gasteiger partial charge in [0.1, 0.15) is 0 Å². The molecule has 2 atom stereocenters. The second-order valence-electron chi connectivity index (χ2n) is 5.54. The molecule has 2 amide bonds. The Hall–Kier alpha value is -2.62. The van der Waals surface area contributed by atoms with Crippen LogP contribution in [0, 0.1) is 11.8 Å². The molecule has 0 aromatic heterocycles. The largest absolute Gasteiger partial charge is 0.326 e. The van der Waals surface area contributed by atoms with Gasteiger partial charge in [-0.2, -0.15) is 0 Å². The van der Waals surface area contributed by atoms with Crippen molar-refractivity contribution in [2.45, 2.75) is 6.42 Å². The van der Waals surface area contributed by atoms with Gasteiger partial charge in [-0.1, -0.05) is 36.4 Å². The van der Waals surface area contributed by atoms with Crippen molar-refractivity contribution in [2.24, 2.45) is 11.8 Å². The predicted molar refractivity (Wildman–Crippen MR) is 86.5 cm³/mol. The Balaban J connectivity index is 1.59. The highest BCUT2D eigenvalue weighted by atomic mass is 16.2. The van der Waals surface area contributed by atoms with E-state index in [0.717, 1.165) is 11.4 Å². The van der Waals surface area contributed by atoms with Crippen LogP contribution in [0.3, 0.4) is 0 Å². The first-order chi connectivity index (χ1) is 10.7. The number of rotatable bonds is 4. The third-order valence-corrected chi connectivity index (χ3v) is 3.96. The average Bonchev–Trinajstić information content (AvgIpc) is 3.36. The number of nitrogens with one attached hydrogen (secondary N) is 1. The molecule has 1 fully saturated rings. The Morgan fingerprint density at radius 3 is 2.18 bits per heavy atom. The minimum atomic E-state index is -0.223. The summed E-state index contributed by atoms with van der Waals surface area (Å²) in [5.41, 5.74) is 1.61. The van der Waals surface area contributed by atoms with Gasteiger partial charge in [0.25, 0.3) is 0 Å². The molecule has 0 saturated heterocycles. The fourth-order valence-electron chi connectivity index (χ4n) is 2.54. The lowest BCUT2D eigenvalue weighted by molar-refractivity contribution is -0.123. The summed E-state index contributed by atoms with van der Waals surface area (Å²) in [6, 6.07) is 18.8. The van der Waals surface area contributed by atoms with Crippen molar-refractivity contribution in [2.75, 3.05) is 17.3 Å². The van der Waals surface area contributed by atoms with E-state index in [1.807, 2.05) is 60.7 Å². The molecule has 112 valence electrons. The van der Waals surface area contributed by atoms with E-state index in [0.29, 0.717) is 6.42 Å². The molecule has 0 radical (unpaired) electrons. The summed E-state index contributed by atoms with van der Waals surface area (Å²) in [5, 5.41) is 2.86. The lowest BCUT2D eigenvalue weighted by Gasteiger charge is -2.17. The van der Waals surface area contributed by atoms with Crippen LogP contribution in [0.2, 0.25) is 0 Å². The SMILES string of the molecule is CN(C(=O)C1CC1C(=O)Nc1ccccc1)c1ccccc1. The highest BCUT2D eigenvalue weighted by Crippen LogP contribution is 2.41. The van der Waals surface area contributed by atoms with E-state index in [1.54, 1.807) is 11.9 Å². The molecule has 3 rings (SSSR count). The van der Waals surface area contributed by atoms with E-state index < -0.39 is 0 Å². The second-order valence-corrected chi connectivity index (χ2v) is 5.54. The molecular formula is C18H18N2O2. The van der Waals surface area contributed by atoms with Crippen LogP contribution in [0.4, 0.5) is 11.4 Å². The number of carbonyl (C=O) groups excluding carboxylic acids is 2. The van der Waals surface area contributed by atoms with Gasteiger partial charge in [0.2, 0.25) is 11.8 Å². The van der Waals surface area contributed by atoms with Crippen molar-refractivity contribution in [1.82, 2.24) is 0 Å². The molecule has 1 saturated carbocycles. The molecule has 4 nitrogen and oxygen atoms in total. The van der Waals surface area contributed by atoms with E-state index in [-0.39, 0.29) is 23.7 Å².